The first kappa shape index (κ1) is 12.3. The van der Waals surface area contributed by atoms with E-state index in [9.17, 15) is 4.79 Å². The van der Waals surface area contributed by atoms with Gasteiger partial charge < -0.3 is 5.32 Å². The molecule has 0 aliphatic rings. The molecule has 0 radical (unpaired) electrons. The van der Waals surface area contributed by atoms with E-state index in [4.69, 9.17) is 0 Å². The van der Waals surface area contributed by atoms with Crippen molar-refractivity contribution in [2.24, 2.45) is 7.05 Å². The first-order valence-electron chi connectivity index (χ1n) is 5.79. The van der Waals surface area contributed by atoms with Crippen molar-refractivity contribution in [1.29, 1.82) is 0 Å². The Bertz CT molecular complexity index is 569. The summed E-state index contributed by atoms with van der Waals surface area (Å²) in [4.78, 5) is 12.1. The van der Waals surface area contributed by atoms with Crippen LogP contribution in [0.1, 0.15) is 24.2 Å². The van der Waals surface area contributed by atoms with Crippen LogP contribution in [0.15, 0.2) is 18.6 Å². The van der Waals surface area contributed by atoms with Crippen LogP contribution in [-0.2, 0) is 11.8 Å². The maximum atomic E-state index is 12.1. The number of rotatable bonds is 3. The van der Waals surface area contributed by atoms with Crippen molar-refractivity contribution in [2.45, 2.75) is 26.8 Å². The van der Waals surface area contributed by atoms with E-state index < -0.39 is 0 Å². The van der Waals surface area contributed by atoms with Gasteiger partial charge in [-0.05, 0) is 26.3 Å². The largest absolute Gasteiger partial charge is 0.321 e. The lowest BCUT2D eigenvalue weighted by molar-refractivity contribution is -0.119. The second-order valence-electron chi connectivity index (χ2n) is 4.43. The van der Waals surface area contributed by atoms with Crippen LogP contribution in [0, 0.1) is 13.8 Å². The third kappa shape index (κ3) is 2.27. The Kier molecular flexibility index (Phi) is 3.18. The van der Waals surface area contributed by atoms with Crippen molar-refractivity contribution in [3.8, 4) is 0 Å². The number of nitrogens with one attached hydrogen (secondary N) is 1. The lowest BCUT2D eigenvalue weighted by atomic mass is 10.3. The van der Waals surface area contributed by atoms with Gasteiger partial charge in [0.1, 0.15) is 6.04 Å². The van der Waals surface area contributed by atoms with Crippen molar-refractivity contribution in [1.82, 2.24) is 19.6 Å². The summed E-state index contributed by atoms with van der Waals surface area (Å²) in [6.07, 6.45) is 5.23. The van der Waals surface area contributed by atoms with Gasteiger partial charge >= 0.3 is 0 Å². The van der Waals surface area contributed by atoms with Gasteiger partial charge in [-0.15, -0.1) is 0 Å². The van der Waals surface area contributed by atoms with E-state index in [1.165, 1.54) is 0 Å². The molecule has 2 aromatic heterocycles. The van der Waals surface area contributed by atoms with Gasteiger partial charge in [-0.1, -0.05) is 0 Å². The molecule has 0 aromatic carbocycles. The topological polar surface area (TPSA) is 64.7 Å². The number of carbonyl (C=O) groups is 1. The number of aryl methyl sites for hydroxylation is 2. The van der Waals surface area contributed by atoms with Crippen molar-refractivity contribution in [2.75, 3.05) is 5.32 Å². The van der Waals surface area contributed by atoms with E-state index in [1.54, 1.807) is 21.8 Å². The van der Waals surface area contributed by atoms with Gasteiger partial charge in [-0.25, -0.2) is 0 Å². The minimum atomic E-state index is -0.349. The molecule has 6 nitrogen and oxygen atoms in total. The number of nitrogens with zero attached hydrogens (tertiary/aromatic N) is 4. The minimum Gasteiger partial charge on any atom is -0.321 e. The normalized spacial score (nSPS) is 12.4. The highest BCUT2D eigenvalue weighted by Gasteiger charge is 2.17. The molecule has 0 bridgehead atoms. The van der Waals surface area contributed by atoms with Crippen LogP contribution in [0.3, 0.4) is 0 Å². The molecule has 1 N–H and O–H groups in total. The third-order valence-corrected chi connectivity index (χ3v) is 3.00. The van der Waals surface area contributed by atoms with Gasteiger partial charge in [0.25, 0.3) is 0 Å². The SMILES string of the molecule is Cc1cnn(C(C)C(=O)Nc2cnn(C)c2C)c1. The minimum absolute atomic E-state index is 0.103. The predicted octanol–water partition coefficient (Wildman–Crippen LogP) is 1.43. The smallest absolute Gasteiger partial charge is 0.249 e. The summed E-state index contributed by atoms with van der Waals surface area (Å²) in [7, 11) is 1.84. The second-order valence-corrected chi connectivity index (χ2v) is 4.43. The Balaban J connectivity index is 2.10. The van der Waals surface area contributed by atoms with Gasteiger partial charge in [0.05, 0.1) is 23.8 Å². The molecule has 0 fully saturated rings. The molecule has 2 heterocycles. The summed E-state index contributed by atoms with van der Waals surface area (Å²) < 4.78 is 3.37. The lowest BCUT2D eigenvalue weighted by Gasteiger charge is -2.12. The summed E-state index contributed by atoms with van der Waals surface area (Å²) in [6, 6.07) is -0.349. The summed E-state index contributed by atoms with van der Waals surface area (Å²) in [5, 5.41) is 11.1. The highest BCUT2D eigenvalue weighted by Crippen LogP contribution is 2.15. The third-order valence-electron chi connectivity index (χ3n) is 3.00. The number of anilines is 1. The van der Waals surface area contributed by atoms with E-state index >= 15 is 0 Å². The van der Waals surface area contributed by atoms with E-state index in [2.05, 4.69) is 15.5 Å². The van der Waals surface area contributed by atoms with E-state index in [1.807, 2.05) is 34.0 Å². The first-order chi connectivity index (χ1) is 8.49. The molecule has 0 saturated heterocycles. The molecule has 6 heteroatoms. The summed E-state index contributed by atoms with van der Waals surface area (Å²) >= 11 is 0. The molecule has 18 heavy (non-hydrogen) atoms. The van der Waals surface area contributed by atoms with Crippen LogP contribution in [0.2, 0.25) is 0 Å². The summed E-state index contributed by atoms with van der Waals surface area (Å²) in [5.41, 5.74) is 2.69. The fourth-order valence-electron chi connectivity index (χ4n) is 1.62. The van der Waals surface area contributed by atoms with Crippen molar-refractivity contribution < 1.29 is 4.79 Å². The summed E-state index contributed by atoms with van der Waals surface area (Å²) in [5.74, 6) is -0.103. The number of carbonyl (C=O) groups excluding carboxylic acids is 1. The van der Waals surface area contributed by atoms with Gasteiger partial charge in [-0.2, -0.15) is 10.2 Å². The van der Waals surface area contributed by atoms with Crippen LogP contribution in [0.4, 0.5) is 5.69 Å². The van der Waals surface area contributed by atoms with Crippen LogP contribution >= 0.6 is 0 Å². The van der Waals surface area contributed by atoms with Crippen LogP contribution in [0.25, 0.3) is 0 Å². The second kappa shape index (κ2) is 4.64. The number of hydrogen-bond acceptors (Lipinski definition) is 3. The van der Waals surface area contributed by atoms with Gasteiger partial charge in [-0.3, -0.25) is 14.2 Å². The quantitative estimate of drug-likeness (QED) is 0.892. The Morgan fingerprint density at radius 3 is 2.56 bits per heavy atom. The number of aromatic nitrogens is 4. The monoisotopic (exact) mass is 247 g/mol. The zero-order valence-corrected chi connectivity index (χ0v) is 11.0. The van der Waals surface area contributed by atoms with Gasteiger partial charge in [0, 0.05) is 13.2 Å². The van der Waals surface area contributed by atoms with Crippen LogP contribution in [-0.4, -0.2) is 25.5 Å². The molecule has 0 aliphatic carbocycles. The molecule has 2 aromatic rings. The van der Waals surface area contributed by atoms with Crippen LogP contribution in [0.5, 0.6) is 0 Å². The predicted molar refractivity (Wildman–Crippen MR) is 68.2 cm³/mol. The molecule has 0 aliphatic heterocycles. The average Bonchev–Trinajstić information content (AvgIpc) is 2.89. The van der Waals surface area contributed by atoms with Crippen molar-refractivity contribution in [3.63, 3.8) is 0 Å². The molecule has 96 valence electrons. The molecule has 1 unspecified atom stereocenters. The van der Waals surface area contributed by atoms with Crippen molar-refractivity contribution >= 4 is 11.6 Å². The maximum absolute atomic E-state index is 12.1. The molecular formula is C12H17N5O. The summed E-state index contributed by atoms with van der Waals surface area (Å²) in [6.45, 7) is 5.66. The number of amides is 1. The fraction of sp³-hybridized carbons (Fsp3) is 0.417. The Morgan fingerprint density at radius 1 is 1.33 bits per heavy atom. The Labute approximate surface area is 106 Å². The van der Waals surface area contributed by atoms with E-state index in [-0.39, 0.29) is 11.9 Å². The molecular weight excluding hydrogens is 230 g/mol. The molecule has 0 spiro atoms. The van der Waals surface area contributed by atoms with E-state index in [0.29, 0.717) is 0 Å². The van der Waals surface area contributed by atoms with Gasteiger partial charge in [0.15, 0.2) is 0 Å². The first-order valence-corrected chi connectivity index (χ1v) is 5.79. The van der Waals surface area contributed by atoms with Gasteiger partial charge in [0.2, 0.25) is 5.91 Å². The lowest BCUT2D eigenvalue weighted by Crippen LogP contribution is -2.24. The zero-order valence-electron chi connectivity index (χ0n) is 11.0. The van der Waals surface area contributed by atoms with Crippen molar-refractivity contribution in [3.05, 3.63) is 29.8 Å². The number of hydrogen-bond donors (Lipinski definition) is 1. The maximum Gasteiger partial charge on any atom is 0.249 e. The molecule has 0 saturated carbocycles. The highest BCUT2D eigenvalue weighted by molar-refractivity contribution is 5.93. The highest BCUT2D eigenvalue weighted by atomic mass is 16.2. The molecule has 1 atom stereocenters. The van der Waals surface area contributed by atoms with Crippen LogP contribution < -0.4 is 5.32 Å². The Morgan fingerprint density at radius 2 is 2.06 bits per heavy atom. The van der Waals surface area contributed by atoms with E-state index in [0.717, 1.165) is 16.9 Å². The Hall–Kier alpha value is -2.11. The average molecular weight is 247 g/mol. The molecule has 2 rings (SSSR count). The fourth-order valence-corrected chi connectivity index (χ4v) is 1.62. The zero-order chi connectivity index (χ0) is 13.3. The molecule has 1 amide bonds. The standard InChI is InChI=1S/C12H17N5O/c1-8-5-14-17(7-8)10(3)12(18)15-11-6-13-16(4)9(11)2/h5-7,10H,1-4H3,(H,15,18).